The Labute approximate surface area is 220 Å². The van der Waals surface area contributed by atoms with Crippen molar-refractivity contribution in [1.82, 2.24) is 10.2 Å². The van der Waals surface area contributed by atoms with Gasteiger partial charge in [-0.25, -0.2) is 8.42 Å². The van der Waals surface area contributed by atoms with Gasteiger partial charge in [0.1, 0.15) is 12.6 Å². The molecule has 1 unspecified atom stereocenters. The maximum atomic E-state index is 13.9. The third kappa shape index (κ3) is 7.32. The van der Waals surface area contributed by atoms with E-state index in [1.807, 2.05) is 82.3 Å². The lowest BCUT2D eigenvalue weighted by molar-refractivity contribution is -0.140. The molecular weight excluding hydrogens is 486 g/mol. The molecule has 2 amide bonds. The molecule has 0 spiro atoms. The number of fused-ring (bicyclic) bond motifs is 1. The molecule has 0 saturated carbocycles. The molecule has 0 radical (unpaired) electrons. The minimum atomic E-state index is -3.81. The maximum absolute atomic E-state index is 13.9. The van der Waals surface area contributed by atoms with Crippen LogP contribution in [0.3, 0.4) is 0 Å². The zero-order chi connectivity index (χ0) is 27.2. The van der Waals surface area contributed by atoms with E-state index in [1.54, 1.807) is 12.1 Å². The smallest absolute Gasteiger partial charge is 0.244 e. The van der Waals surface area contributed by atoms with Crippen molar-refractivity contribution in [3.05, 3.63) is 77.9 Å². The first-order valence-corrected chi connectivity index (χ1v) is 14.4. The van der Waals surface area contributed by atoms with Gasteiger partial charge in [-0.2, -0.15) is 0 Å². The van der Waals surface area contributed by atoms with Gasteiger partial charge in [0.05, 0.1) is 11.9 Å². The first kappa shape index (κ1) is 28.2. The quantitative estimate of drug-likeness (QED) is 0.401. The van der Waals surface area contributed by atoms with Crippen molar-refractivity contribution >= 4 is 38.3 Å². The molecule has 7 nitrogen and oxygen atoms in total. The first-order valence-electron chi connectivity index (χ1n) is 12.6. The zero-order valence-electron chi connectivity index (χ0n) is 22.3. The molecular formula is C29H37N3O4S. The number of aryl methyl sites for hydroxylation is 1. The van der Waals surface area contributed by atoms with E-state index in [0.717, 1.165) is 32.5 Å². The molecule has 3 aromatic carbocycles. The Bertz CT molecular complexity index is 1330. The van der Waals surface area contributed by atoms with Crippen LogP contribution in [0, 0.1) is 12.8 Å². The Morgan fingerprint density at radius 1 is 0.946 bits per heavy atom. The van der Waals surface area contributed by atoms with Crippen molar-refractivity contribution in [2.45, 2.75) is 46.7 Å². The summed E-state index contributed by atoms with van der Waals surface area (Å²) in [6.07, 6.45) is 1.49. The van der Waals surface area contributed by atoms with E-state index in [2.05, 4.69) is 5.32 Å². The molecule has 0 fully saturated rings. The van der Waals surface area contributed by atoms with Crippen molar-refractivity contribution in [2.75, 3.05) is 23.7 Å². The minimum absolute atomic E-state index is 0.194. The number of amides is 2. The van der Waals surface area contributed by atoms with Crippen LogP contribution in [0.1, 0.15) is 38.3 Å². The summed E-state index contributed by atoms with van der Waals surface area (Å²) in [5.74, 6) is -0.423. The average Bonchev–Trinajstić information content (AvgIpc) is 2.86. The van der Waals surface area contributed by atoms with Crippen LogP contribution in [0.2, 0.25) is 0 Å². The second kappa shape index (κ2) is 12.2. The molecule has 3 rings (SSSR count). The Morgan fingerprint density at radius 2 is 1.59 bits per heavy atom. The Balaban J connectivity index is 2.00. The third-order valence-corrected chi connectivity index (χ3v) is 7.38. The molecule has 0 aliphatic carbocycles. The van der Waals surface area contributed by atoms with Crippen LogP contribution >= 0.6 is 0 Å². The summed E-state index contributed by atoms with van der Waals surface area (Å²) in [5, 5.41) is 4.54. The van der Waals surface area contributed by atoms with Gasteiger partial charge in [-0.05, 0) is 36.3 Å². The van der Waals surface area contributed by atoms with Crippen molar-refractivity contribution < 1.29 is 18.0 Å². The normalized spacial score (nSPS) is 12.4. The van der Waals surface area contributed by atoms with Crippen LogP contribution in [0.15, 0.2) is 66.7 Å². The zero-order valence-corrected chi connectivity index (χ0v) is 23.1. The van der Waals surface area contributed by atoms with Gasteiger partial charge >= 0.3 is 0 Å². The number of carbonyl (C=O) groups is 2. The van der Waals surface area contributed by atoms with E-state index < -0.39 is 28.5 Å². The summed E-state index contributed by atoms with van der Waals surface area (Å²) in [5.41, 5.74) is 2.38. The molecule has 1 N–H and O–H groups in total. The number of sulfonamides is 1. The predicted octanol–water partition coefficient (Wildman–Crippen LogP) is 4.49. The van der Waals surface area contributed by atoms with Gasteiger partial charge in [0.2, 0.25) is 21.8 Å². The standard InChI is InChI=1S/C29H37N3O4S/c1-6-26(29(34)30-18-21(2)3)31(19-23-16-14-22(4)15-17-23)28(33)20-32(37(5,35)36)27-13-9-11-24-10-7-8-12-25(24)27/h7-17,21,26H,6,18-20H2,1-5H3,(H,30,34). The van der Waals surface area contributed by atoms with E-state index in [1.165, 1.54) is 4.90 Å². The van der Waals surface area contributed by atoms with Crippen molar-refractivity contribution in [2.24, 2.45) is 5.92 Å². The molecule has 0 bridgehead atoms. The second-order valence-corrected chi connectivity index (χ2v) is 11.7. The van der Waals surface area contributed by atoms with E-state index in [0.29, 0.717) is 18.7 Å². The number of rotatable bonds is 11. The molecule has 0 aromatic heterocycles. The van der Waals surface area contributed by atoms with E-state index >= 15 is 0 Å². The van der Waals surface area contributed by atoms with Crippen LogP contribution in [0.5, 0.6) is 0 Å². The summed E-state index contributed by atoms with van der Waals surface area (Å²) in [7, 11) is -3.81. The number of benzene rings is 3. The molecule has 0 saturated heterocycles. The van der Waals surface area contributed by atoms with Gasteiger partial charge in [-0.3, -0.25) is 13.9 Å². The maximum Gasteiger partial charge on any atom is 0.244 e. The largest absolute Gasteiger partial charge is 0.354 e. The van der Waals surface area contributed by atoms with Crippen LogP contribution in [-0.2, 0) is 26.2 Å². The number of anilines is 1. The Morgan fingerprint density at radius 3 is 2.22 bits per heavy atom. The number of carbonyl (C=O) groups excluding carboxylic acids is 2. The molecule has 198 valence electrons. The van der Waals surface area contributed by atoms with Crippen LogP contribution in [0.25, 0.3) is 10.8 Å². The van der Waals surface area contributed by atoms with Crippen molar-refractivity contribution in [3.8, 4) is 0 Å². The lowest BCUT2D eigenvalue weighted by atomic mass is 10.1. The third-order valence-electron chi connectivity index (χ3n) is 6.26. The van der Waals surface area contributed by atoms with E-state index in [9.17, 15) is 18.0 Å². The number of nitrogens with zero attached hydrogens (tertiary/aromatic N) is 2. The number of hydrogen-bond acceptors (Lipinski definition) is 4. The fourth-order valence-electron chi connectivity index (χ4n) is 4.25. The molecule has 0 heterocycles. The van der Waals surface area contributed by atoms with Crippen LogP contribution in [-0.4, -0.2) is 50.5 Å². The minimum Gasteiger partial charge on any atom is -0.354 e. The predicted molar refractivity (Wildman–Crippen MR) is 150 cm³/mol. The molecule has 0 aliphatic rings. The highest BCUT2D eigenvalue weighted by atomic mass is 32.2. The van der Waals surface area contributed by atoms with Gasteiger partial charge < -0.3 is 10.2 Å². The van der Waals surface area contributed by atoms with Gasteiger partial charge in [0.15, 0.2) is 0 Å². The highest BCUT2D eigenvalue weighted by molar-refractivity contribution is 7.92. The van der Waals surface area contributed by atoms with Crippen molar-refractivity contribution in [3.63, 3.8) is 0 Å². The molecule has 8 heteroatoms. The summed E-state index contributed by atoms with van der Waals surface area (Å²) in [6.45, 7) is 8.12. The molecule has 3 aromatic rings. The van der Waals surface area contributed by atoms with Gasteiger partial charge in [0.25, 0.3) is 0 Å². The van der Waals surface area contributed by atoms with Gasteiger partial charge in [-0.15, -0.1) is 0 Å². The van der Waals surface area contributed by atoms with E-state index in [-0.39, 0.29) is 18.4 Å². The highest BCUT2D eigenvalue weighted by Gasteiger charge is 2.32. The Kier molecular flexibility index (Phi) is 9.32. The Hall–Kier alpha value is -3.39. The SMILES string of the molecule is CCC(C(=O)NCC(C)C)N(Cc1ccc(C)cc1)C(=O)CN(c1cccc2ccccc12)S(C)(=O)=O. The van der Waals surface area contributed by atoms with Crippen LogP contribution in [0.4, 0.5) is 5.69 Å². The number of nitrogens with one attached hydrogen (secondary N) is 1. The topological polar surface area (TPSA) is 86.8 Å². The summed E-state index contributed by atoms with van der Waals surface area (Å²) >= 11 is 0. The summed E-state index contributed by atoms with van der Waals surface area (Å²) in [6, 6.07) is 19.9. The second-order valence-electron chi connectivity index (χ2n) is 9.84. The fourth-order valence-corrected chi connectivity index (χ4v) is 5.11. The lowest BCUT2D eigenvalue weighted by Crippen LogP contribution is -2.52. The van der Waals surface area contributed by atoms with Gasteiger partial charge in [-0.1, -0.05) is 87.0 Å². The van der Waals surface area contributed by atoms with Crippen LogP contribution < -0.4 is 9.62 Å². The molecule has 0 aliphatic heterocycles. The lowest BCUT2D eigenvalue weighted by Gasteiger charge is -2.33. The summed E-state index contributed by atoms with van der Waals surface area (Å²) < 4.78 is 27.0. The molecule has 37 heavy (non-hydrogen) atoms. The highest BCUT2D eigenvalue weighted by Crippen LogP contribution is 2.29. The van der Waals surface area contributed by atoms with Gasteiger partial charge in [0, 0.05) is 18.5 Å². The monoisotopic (exact) mass is 523 g/mol. The summed E-state index contributed by atoms with van der Waals surface area (Å²) in [4.78, 5) is 28.5. The van der Waals surface area contributed by atoms with Crippen molar-refractivity contribution in [1.29, 1.82) is 0 Å². The number of hydrogen-bond donors (Lipinski definition) is 1. The van der Waals surface area contributed by atoms with E-state index in [4.69, 9.17) is 0 Å². The molecule has 1 atom stereocenters. The first-order chi connectivity index (χ1) is 17.5. The average molecular weight is 524 g/mol. The fraction of sp³-hybridized carbons (Fsp3) is 0.379.